The monoisotopic (exact) mass is 267 g/mol. The summed E-state index contributed by atoms with van der Waals surface area (Å²) < 4.78 is 15.4. The molecule has 0 spiro atoms. The van der Waals surface area contributed by atoms with Crippen molar-refractivity contribution >= 4 is 28.7 Å². The zero-order chi connectivity index (χ0) is 13.1. The summed E-state index contributed by atoms with van der Waals surface area (Å²) in [5.41, 5.74) is 8.08. The van der Waals surface area contributed by atoms with Crippen LogP contribution in [-0.2, 0) is 6.54 Å². The number of rotatable bonds is 5. The number of halogens is 1. The number of benzene rings is 1. The second-order valence-corrected chi connectivity index (χ2v) is 5.66. The predicted molar refractivity (Wildman–Crippen MR) is 76.5 cm³/mol. The highest BCUT2D eigenvalue weighted by molar-refractivity contribution is 7.99. The maximum atomic E-state index is 13.4. The Morgan fingerprint density at radius 3 is 2.94 bits per heavy atom. The van der Waals surface area contributed by atoms with Crippen molar-refractivity contribution in [2.45, 2.75) is 26.8 Å². The van der Waals surface area contributed by atoms with Crippen molar-refractivity contribution in [3.05, 3.63) is 23.5 Å². The molecule has 1 heterocycles. The van der Waals surface area contributed by atoms with Crippen LogP contribution in [0.5, 0.6) is 0 Å². The van der Waals surface area contributed by atoms with Crippen molar-refractivity contribution in [2.24, 2.45) is 0 Å². The molecule has 1 aromatic carbocycles. The number of nitrogen functional groups attached to an aromatic ring is 1. The number of thioether (sulfide) groups is 1. The van der Waals surface area contributed by atoms with E-state index in [0.717, 1.165) is 30.0 Å². The van der Waals surface area contributed by atoms with Gasteiger partial charge >= 0.3 is 0 Å². The van der Waals surface area contributed by atoms with Crippen LogP contribution < -0.4 is 5.73 Å². The summed E-state index contributed by atoms with van der Waals surface area (Å²) >= 11 is 1.91. The highest BCUT2D eigenvalue weighted by Gasteiger charge is 2.10. The van der Waals surface area contributed by atoms with Crippen LogP contribution >= 0.6 is 11.8 Å². The molecule has 1 aromatic heterocycles. The first-order chi connectivity index (χ1) is 8.63. The molecule has 0 aliphatic carbocycles. The molecule has 98 valence electrons. The summed E-state index contributed by atoms with van der Waals surface area (Å²) in [5.74, 6) is 2.48. The molecular weight excluding hydrogens is 249 g/mol. The van der Waals surface area contributed by atoms with Gasteiger partial charge in [0.25, 0.3) is 0 Å². The van der Waals surface area contributed by atoms with E-state index >= 15 is 0 Å². The summed E-state index contributed by atoms with van der Waals surface area (Å²) in [4.78, 5) is 4.21. The van der Waals surface area contributed by atoms with Gasteiger partial charge < -0.3 is 10.3 Å². The van der Waals surface area contributed by atoms with Gasteiger partial charge in [0.05, 0.1) is 11.0 Å². The molecule has 0 radical (unpaired) electrons. The maximum Gasteiger partial charge on any atom is 0.201 e. The quantitative estimate of drug-likeness (QED) is 0.846. The van der Waals surface area contributed by atoms with Crippen LogP contribution in [0.15, 0.2) is 12.1 Å². The number of aryl methyl sites for hydroxylation is 2. The van der Waals surface area contributed by atoms with Crippen LogP contribution in [0.2, 0.25) is 0 Å². The SMILES string of the molecule is CCSCCCn1c(N)nc2cc(F)c(C)cc21. The molecule has 0 aliphatic rings. The van der Waals surface area contributed by atoms with Gasteiger partial charge in [-0.15, -0.1) is 0 Å². The fourth-order valence-corrected chi connectivity index (χ4v) is 2.59. The second kappa shape index (κ2) is 5.61. The van der Waals surface area contributed by atoms with Gasteiger partial charge in [-0.3, -0.25) is 0 Å². The number of fused-ring (bicyclic) bond motifs is 1. The third-order valence-corrected chi connectivity index (χ3v) is 3.92. The fraction of sp³-hybridized carbons (Fsp3) is 0.462. The zero-order valence-electron chi connectivity index (χ0n) is 10.7. The van der Waals surface area contributed by atoms with E-state index in [2.05, 4.69) is 11.9 Å². The molecule has 0 saturated carbocycles. The van der Waals surface area contributed by atoms with E-state index in [9.17, 15) is 4.39 Å². The Morgan fingerprint density at radius 2 is 2.22 bits per heavy atom. The molecule has 0 saturated heterocycles. The average Bonchev–Trinajstić information content (AvgIpc) is 2.62. The molecule has 0 atom stereocenters. The Bertz CT molecular complexity index is 551. The Morgan fingerprint density at radius 1 is 1.44 bits per heavy atom. The van der Waals surface area contributed by atoms with Crippen molar-refractivity contribution < 1.29 is 4.39 Å². The van der Waals surface area contributed by atoms with Gasteiger partial charge in [-0.25, -0.2) is 9.37 Å². The number of hydrogen-bond acceptors (Lipinski definition) is 3. The smallest absolute Gasteiger partial charge is 0.201 e. The van der Waals surface area contributed by atoms with Gasteiger partial charge in [-0.1, -0.05) is 6.92 Å². The lowest BCUT2D eigenvalue weighted by atomic mass is 10.2. The first-order valence-corrected chi connectivity index (χ1v) is 7.28. The van der Waals surface area contributed by atoms with Crippen LogP contribution in [0.3, 0.4) is 0 Å². The topological polar surface area (TPSA) is 43.8 Å². The first-order valence-electron chi connectivity index (χ1n) is 6.13. The zero-order valence-corrected chi connectivity index (χ0v) is 11.6. The average molecular weight is 267 g/mol. The number of nitrogens with two attached hydrogens (primary N) is 1. The molecule has 0 unspecified atom stereocenters. The molecule has 2 aromatic rings. The molecule has 18 heavy (non-hydrogen) atoms. The second-order valence-electron chi connectivity index (χ2n) is 4.26. The summed E-state index contributed by atoms with van der Waals surface area (Å²) in [5, 5.41) is 0. The fourth-order valence-electron chi connectivity index (χ4n) is 1.97. The van der Waals surface area contributed by atoms with E-state index in [1.807, 2.05) is 22.4 Å². The number of nitrogens with zero attached hydrogens (tertiary/aromatic N) is 2. The van der Waals surface area contributed by atoms with Crippen LogP contribution in [-0.4, -0.2) is 21.1 Å². The van der Waals surface area contributed by atoms with E-state index in [4.69, 9.17) is 5.73 Å². The maximum absolute atomic E-state index is 13.4. The van der Waals surface area contributed by atoms with Crippen LogP contribution in [0.4, 0.5) is 10.3 Å². The van der Waals surface area contributed by atoms with Gasteiger partial charge in [0.1, 0.15) is 5.82 Å². The van der Waals surface area contributed by atoms with E-state index in [0.29, 0.717) is 17.0 Å². The molecule has 5 heteroatoms. The third-order valence-electron chi connectivity index (χ3n) is 2.93. The van der Waals surface area contributed by atoms with E-state index < -0.39 is 0 Å². The lowest BCUT2D eigenvalue weighted by molar-refractivity contribution is 0.620. The molecule has 2 rings (SSSR count). The first kappa shape index (κ1) is 13.2. The summed E-state index contributed by atoms with van der Waals surface area (Å²) in [6.45, 7) is 4.74. The van der Waals surface area contributed by atoms with E-state index in [1.165, 1.54) is 6.07 Å². The Hall–Kier alpha value is -1.23. The number of imidazole rings is 1. The Labute approximate surface area is 111 Å². The molecule has 0 fully saturated rings. The van der Waals surface area contributed by atoms with Crippen LogP contribution in [0, 0.1) is 12.7 Å². The van der Waals surface area contributed by atoms with Gasteiger partial charge in [0.15, 0.2) is 0 Å². The van der Waals surface area contributed by atoms with Crippen molar-refractivity contribution in [2.75, 3.05) is 17.2 Å². The number of hydrogen-bond donors (Lipinski definition) is 1. The van der Waals surface area contributed by atoms with E-state index in [-0.39, 0.29) is 5.82 Å². The van der Waals surface area contributed by atoms with Gasteiger partial charge in [0, 0.05) is 12.6 Å². The van der Waals surface area contributed by atoms with E-state index in [1.54, 1.807) is 6.92 Å². The summed E-state index contributed by atoms with van der Waals surface area (Å²) in [6, 6.07) is 3.28. The molecule has 0 aliphatic heterocycles. The largest absolute Gasteiger partial charge is 0.369 e. The third kappa shape index (κ3) is 2.61. The minimum absolute atomic E-state index is 0.228. The van der Waals surface area contributed by atoms with Crippen molar-refractivity contribution in [3.63, 3.8) is 0 Å². The number of aromatic nitrogens is 2. The number of anilines is 1. The van der Waals surface area contributed by atoms with Gasteiger partial charge in [-0.2, -0.15) is 11.8 Å². The van der Waals surface area contributed by atoms with Gasteiger partial charge in [-0.05, 0) is 36.5 Å². The Kier molecular flexibility index (Phi) is 4.11. The van der Waals surface area contributed by atoms with Crippen LogP contribution in [0.1, 0.15) is 18.9 Å². The highest BCUT2D eigenvalue weighted by Crippen LogP contribution is 2.22. The lowest BCUT2D eigenvalue weighted by Gasteiger charge is -2.06. The predicted octanol–water partition coefficient (Wildman–Crippen LogP) is 3.21. The molecule has 3 nitrogen and oxygen atoms in total. The van der Waals surface area contributed by atoms with Crippen molar-refractivity contribution in [3.8, 4) is 0 Å². The highest BCUT2D eigenvalue weighted by atomic mass is 32.2. The Balaban J connectivity index is 2.26. The van der Waals surface area contributed by atoms with Crippen molar-refractivity contribution in [1.29, 1.82) is 0 Å². The molecule has 0 amide bonds. The summed E-state index contributed by atoms with van der Waals surface area (Å²) in [6.07, 6.45) is 1.05. The molecular formula is C13H18FN3S. The lowest BCUT2D eigenvalue weighted by Crippen LogP contribution is -2.04. The minimum Gasteiger partial charge on any atom is -0.369 e. The normalized spacial score (nSPS) is 11.3. The van der Waals surface area contributed by atoms with Gasteiger partial charge in [0.2, 0.25) is 5.95 Å². The molecule has 0 bridgehead atoms. The standard InChI is InChI=1S/C13H18FN3S/c1-3-18-6-4-5-17-12-7-9(2)10(14)8-11(12)16-13(17)15/h7-8H,3-6H2,1-2H3,(H2,15,16). The summed E-state index contributed by atoms with van der Waals surface area (Å²) in [7, 11) is 0. The van der Waals surface area contributed by atoms with Crippen molar-refractivity contribution in [1.82, 2.24) is 9.55 Å². The minimum atomic E-state index is -0.228. The molecule has 2 N–H and O–H groups in total. The van der Waals surface area contributed by atoms with Crippen LogP contribution in [0.25, 0.3) is 11.0 Å².